The van der Waals surface area contributed by atoms with E-state index >= 15 is 0 Å². The number of hydrogen-bond acceptors (Lipinski definition) is 4. The van der Waals surface area contributed by atoms with Gasteiger partial charge in [0.2, 0.25) is 0 Å². The maximum Gasteiger partial charge on any atom is 0.165 e. The highest BCUT2D eigenvalue weighted by Gasteiger charge is 2.11. The van der Waals surface area contributed by atoms with Crippen LogP contribution in [-0.4, -0.2) is 20.3 Å². The second-order valence-corrected chi connectivity index (χ2v) is 4.68. The van der Waals surface area contributed by atoms with Gasteiger partial charge in [0.15, 0.2) is 23.1 Å². The lowest BCUT2D eigenvalue weighted by Gasteiger charge is -2.19. The van der Waals surface area contributed by atoms with E-state index in [2.05, 4.69) is 5.32 Å². The molecule has 0 atom stereocenters. The number of rotatable bonds is 4. The molecule has 3 rings (SSSR count). The van der Waals surface area contributed by atoms with Gasteiger partial charge in [-0.15, -0.1) is 0 Å². The van der Waals surface area contributed by atoms with Crippen LogP contribution in [0.2, 0.25) is 0 Å². The van der Waals surface area contributed by atoms with E-state index in [-0.39, 0.29) is 11.6 Å². The highest BCUT2D eigenvalue weighted by molar-refractivity contribution is 5.50. The predicted molar refractivity (Wildman–Crippen MR) is 77.7 cm³/mol. The van der Waals surface area contributed by atoms with Crippen molar-refractivity contribution in [3.05, 3.63) is 47.8 Å². The Kier molecular flexibility index (Phi) is 3.81. The van der Waals surface area contributed by atoms with E-state index in [0.29, 0.717) is 19.8 Å². The highest BCUT2D eigenvalue weighted by atomic mass is 19.1. The molecule has 0 spiro atoms. The summed E-state index contributed by atoms with van der Waals surface area (Å²) >= 11 is 0. The fraction of sp³-hybridized carbons (Fsp3) is 0.250. The average molecular weight is 289 g/mol. The van der Waals surface area contributed by atoms with Gasteiger partial charge in [-0.25, -0.2) is 4.39 Å². The Labute approximate surface area is 122 Å². The van der Waals surface area contributed by atoms with E-state index in [1.807, 2.05) is 18.2 Å². The van der Waals surface area contributed by atoms with Gasteiger partial charge >= 0.3 is 0 Å². The van der Waals surface area contributed by atoms with E-state index in [1.54, 1.807) is 12.1 Å². The first-order chi connectivity index (χ1) is 10.3. The van der Waals surface area contributed by atoms with Crippen LogP contribution in [-0.2, 0) is 6.54 Å². The Morgan fingerprint density at radius 1 is 1.10 bits per heavy atom. The summed E-state index contributed by atoms with van der Waals surface area (Å²) in [7, 11) is 1.45. The number of fused-ring (bicyclic) bond motifs is 1. The molecule has 5 heteroatoms. The smallest absolute Gasteiger partial charge is 0.165 e. The van der Waals surface area contributed by atoms with Gasteiger partial charge < -0.3 is 19.5 Å². The van der Waals surface area contributed by atoms with Gasteiger partial charge in [0.1, 0.15) is 13.2 Å². The van der Waals surface area contributed by atoms with Gasteiger partial charge in [0, 0.05) is 18.3 Å². The number of halogens is 1. The highest BCUT2D eigenvalue weighted by Crippen LogP contribution is 2.31. The first-order valence-electron chi connectivity index (χ1n) is 6.72. The van der Waals surface area contributed by atoms with Gasteiger partial charge in [0.25, 0.3) is 0 Å². The molecule has 2 aromatic carbocycles. The maximum atomic E-state index is 13.3. The molecule has 110 valence electrons. The second kappa shape index (κ2) is 5.91. The lowest BCUT2D eigenvalue weighted by molar-refractivity contribution is 0.171. The van der Waals surface area contributed by atoms with Crippen LogP contribution in [0.1, 0.15) is 5.56 Å². The number of methoxy groups -OCH3 is 1. The van der Waals surface area contributed by atoms with Crippen molar-refractivity contribution in [3.63, 3.8) is 0 Å². The van der Waals surface area contributed by atoms with Crippen molar-refractivity contribution in [2.24, 2.45) is 0 Å². The monoisotopic (exact) mass is 289 g/mol. The van der Waals surface area contributed by atoms with Crippen LogP contribution in [0.25, 0.3) is 0 Å². The summed E-state index contributed by atoms with van der Waals surface area (Å²) in [6.07, 6.45) is 0. The third kappa shape index (κ3) is 3.02. The van der Waals surface area contributed by atoms with Crippen molar-refractivity contribution < 1.29 is 18.6 Å². The van der Waals surface area contributed by atoms with Crippen molar-refractivity contribution in [2.75, 3.05) is 25.6 Å². The van der Waals surface area contributed by atoms with Crippen LogP contribution in [0, 0.1) is 5.82 Å². The maximum absolute atomic E-state index is 13.3. The van der Waals surface area contributed by atoms with E-state index in [4.69, 9.17) is 14.2 Å². The molecule has 1 heterocycles. The molecule has 4 nitrogen and oxygen atoms in total. The van der Waals surface area contributed by atoms with E-state index < -0.39 is 0 Å². The van der Waals surface area contributed by atoms with Crippen molar-refractivity contribution in [3.8, 4) is 17.2 Å². The molecule has 0 saturated heterocycles. The molecular formula is C16H16FNO3. The minimum atomic E-state index is -0.373. The molecule has 0 aromatic heterocycles. The van der Waals surface area contributed by atoms with E-state index in [1.165, 1.54) is 13.2 Å². The van der Waals surface area contributed by atoms with Gasteiger partial charge in [-0.3, -0.25) is 0 Å². The van der Waals surface area contributed by atoms with Crippen molar-refractivity contribution in [1.82, 2.24) is 0 Å². The average Bonchev–Trinajstić information content (AvgIpc) is 2.54. The van der Waals surface area contributed by atoms with Crippen LogP contribution in [0.3, 0.4) is 0 Å². The lowest BCUT2D eigenvalue weighted by Crippen LogP contribution is -2.15. The predicted octanol–water partition coefficient (Wildman–Crippen LogP) is 3.22. The SMILES string of the molecule is COc1cc(NCc2ccc3c(c2)OCCO3)ccc1F. The molecule has 21 heavy (non-hydrogen) atoms. The van der Waals surface area contributed by atoms with Gasteiger partial charge in [0.05, 0.1) is 7.11 Å². The molecule has 0 fully saturated rings. The summed E-state index contributed by atoms with van der Waals surface area (Å²) in [5.74, 6) is 1.38. The van der Waals surface area contributed by atoms with Crippen LogP contribution in [0.15, 0.2) is 36.4 Å². The quantitative estimate of drug-likeness (QED) is 0.938. The van der Waals surface area contributed by atoms with Gasteiger partial charge in [-0.05, 0) is 29.8 Å². The molecular weight excluding hydrogens is 273 g/mol. The van der Waals surface area contributed by atoms with Gasteiger partial charge in [-0.1, -0.05) is 6.07 Å². The first-order valence-corrected chi connectivity index (χ1v) is 6.72. The topological polar surface area (TPSA) is 39.7 Å². The summed E-state index contributed by atoms with van der Waals surface area (Å²) in [5, 5.41) is 3.23. The lowest BCUT2D eigenvalue weighted by atomic mass is 10.2. The van der Waals surface area contributed by atoms with Crippen LogP contribution in [0.5, 0.6) is 17.2 Å². The summed E-state index contributed by atoms with van der Waals surface area (Å²) in [6, 6.07) is 10.5. The molecule has 2 aromatic rings. The zero-order valence-corrected chi connectivity index (χ0v) is 11.7. The Bertz CT molecular complexity index is 645. The fourth-order valence-electron chi connectivity index (χ4n) is 2.17. The molecule has 0 unspecified atom stereocenters. The molecule has 0 saturated carbocycles. The Hall–Kier alpha value is -2.43. The number of ether oxygens (including phenoxy) is 3. The third-order valence-electron chi connectivity index (χ3n) is 3.25. The summed E-state index contributed by atoms with van der Waals surface area (Å²) in [4.78, 5) is 0. The van der Waals surface area contributed by atoms with Crippen LogP contribution >= 0.6 is 0 Å². The van der Waals surface area contributed by atoms with Crippen molar-refractivity contribution in [2.45, 2.75) is 6.54 Å². The van der Waals surface area contributed by atoms with Crippen LogP contribution in [0.4, 0.5) is 10.1 Å². The zero-order chi connectivity index (χ0) is 14.7. The normalized spacial score (nSPS) is 12.9. The largest absolute Gasteiger partial charge is 0.494 e. The third-order valence-corrected chi connectivity index (χ3v) is 3.25. The van der Waals surface area contributed by atoms with Crippen LogP contribution < -0.4 is 19.5 Å². The molecule has 1 N–H and O–H groups in total. The number of nitrogens with one attached hydrogen (secondary N) is 1. The first kappa shape index (κ1) is 13.5. The fourth-order valence-corrected chi connectivity index (χ4v) is 2.17. The minimum absolute atomic E-state index is 0.224. The van der Waals surface area contributed by atoms with E-state index in [9.17, 15) is 4.39 Å². The minimum Gasteiger partial charge on any atom is -0.494 e. The standard InChI is InChI=1S/C16H16FNO3/c1-19-15-9-12(3-4-13(15)17)18-10-11-2-5-14-16(8-11)21-7-6-20-14/h2-5,8-9,18H,6-7,10H2,1H3. The number of benzene rings is 2. The van der Waals surface area contributed by atoms with Crippen molar-refractivity contribution >= 4 is 5.69 Å². The zero-order valence-electron chi connectivity index (χ0n) is 11.7. The van der Waals surface area contributed by atoms with E-state index in [0.717, 1.165) is 22.7 Å². The molecule has 0 amide bonds. The Morgan fingerprint density at radius 3 is 2.71 bits per heavy atom. The Balaban J connectivity index is 1.70. The Morgan fingerprint density at radius 2 is 1.90 bits per heavy atom. The molecule has 0 radical (unpaired) electrons. The van der Waals surface area contributed by atoms with Gasteiger partial charge in [-0.2, -0.15) is 0 Å². The molecule has 0 aliphatic carbocycles. The summed E-state index contributed by atoms with van der Waals surface area (Å²) in [5.41, 5.74) is 1.85. The number of anilines is 1. The molecule has 1 aliphatic heterocycles. The van der Waals surface area contributed by atoms with Crippen molar-refractivity contribution in [1.29, 1.82) is 0 Å². The summed E-state index contributed by atoms with van der Waals surface area (Å²) in [6.45, 7) is 1.75. The molecule has 1 aliphatic rings. The summed E-state index contributed by atoms with van der Waals surface area (Å²) < 4.78 is 29.3. The molecule has 0 bridgehead atoms. The number of hydrogen-bond donors (Lipinski definition) is 1. The second-order valence-electron chi connectivity index (χ2n) is 4.68.